The normalized spacial score (nSPS) is 14.0. The molecule has 16 nitrogen and oxygen atoms in total. The number of ether oxygens (including phenoxy) is 4. The second-order valence-electron chi connectivity index (χ2n) is 21.2. The summed E-state index contributed by atoms with van der Waals surface area (Å²) in [5, 5.41) is 19.4. The Morgan fingerprint density at radius 3 is 1.31 bits per heavy atom. The number of nitrogens with zero attached hydrogens (tertiary/aromatic N) is 6. The molecule has 0 radical (unpaired) electrons. The van der Waals surface area contributed by atoms with E-state index in [9.17, 15) is 29.7 Å². The molecular formula is C50H66BBrN6O10S2. The van der Waals surface area contributed by atoms with Gasteiger partial charge in [-0.05, 0) is 175 Å². The first-order valence-electron chi connectivity index (χ1n) is 22.3. The minimum atomic E-state index is -0.851. The highest BCUT2D eigenvalue weighted by molar-refractivity contribution is 9.11. The zero-order valence-electron chi connectivity index (χ0n) is 43.6. The lowest BCUT2D eigenvalue weighted by Crippen LogP contribution is -2.43. The average molecular weight is 1070 g/mol. The number of imide groups is 2. The fourth-order valence-corrected chi connectivity index (χ4v) is 7.49. The van der Waals surface area contributed by atoms with Crippen LogP contribution in [0.2, 0.25) is 0 Å². The Balaban J connectivity index is 0.000000325. The van der Waals surface area contributed by atoms with Crippen molar-refractivity contribution in [3.8, 4) is 22.6 Å². The highest BCUT2D eigenvalue weighted by Crippen LogP contribution is 2.37. The monoisotopic (exact) mass is 1060 g/mol. The minimum absolute atomic E-state index is 0.144. The van der Waals surface area contributed by atoms with Gasteiger partial charge in [0, 0.05) is 0 Å². The van der Waals surface area contributed by atoms with Crippen molar-refractivity contribution in [2.75, 3.05) is 0 Å². The number of amides is 4. The van der Waals surface area contributed by atoms with Crippen molar-refractivity contribution < 1.29 is 47.4 Å². The van der Waals surface area contributed by atoms with E-state index in [1.54, 1.807) is 130 Å². The van der Waals surface area contributed by atoms with Gasteiger partial charge in [0.1, 0.15) is 22.4 Å². The molecule has 0 aliphatic carbocycles. The third-order valence-corrected chi connectivity index (χ3v) is 12.6. The van der Waals surface area contributed by atoms with Gasteiger partial charge in [-0.3, -0.25) is 0 Å². The van der Waals surface area contributed by atoms with Gasteiger partial charge in [0.25, 0.3) is 0 Å². The quantitative estimate of drug-likeness (QED) is 0.130. The van der Waals surface area contributed by atoms with Crippen molar-refractivity contribution in [3.63, 3.8) is 0 Å². The van der Waals surface area contributed by atoms with E-state index in [1.165, 1.54) is 11.3 Å². The van der Waals surface area contributed by atoms with E-state index >= 15 is 0 Å². The molecule has 70 heavy (non-hydrogen) atoms. The first kappa shape index (κ1) is 58.9. The number of benzene rings is 2. The van der Waals surface area contributed by atoms with Gasteiger partial charge in [0.05, 0.1) is 78.6 Å². The number of nitriles is 2. The van der Waals surface area contributed by atoms with Crippen molar-refractivity contribution in [1.29, 1.82) is 10.5 Å². The average Bonchev–Trinajstić information content (AvgIpc) is 3.87. The third-order valence-electron chi connectivity index (χ3n) is 9.82. The zero-order chi connectivity index (χ0) is 53.4. The van der Waals surface area contributed by atoms with E-state index in [0.29, 0.717) is 27.7 Å². The fraction of sp³-hybridized carbons (Fsp3) is 0.520. The maximum atomic E-state index is 12.8. The summed E-state index contributed by atoms with van der Waals surface area (Å²) in [4.78, 5) is 61.9. The van der Waals surface area contributed by atoms with Gasteiger partial charge in [-0.2, -0.15) is 10.5 Å². The summed E-state index contributed by atoms with van der Waals surface area (Å²) < 4.78 is 34.8. The molecule has 1 saturated heterocycles. The molecule has 0 saturated carbocycles. The summed E-state index contributed by atoms with van der Waals surface area (Å²) in [6.45, 7) is 31.9. The van der Waals surface area contributed by atoms with Crippen molar-refractivity contribution in [1.82, 2.24) is 19.8 Å². The Kier molecular flexibility index (Phi) is 19.6. The van der Waals surface area contributed by atoms with Crippen LogP contribution in [0.5, 0.6) is 0 Å². The number of hydrogen-bond donors (Lipinski definition) is 0. The Labute approximate surface area is 429 Å². The van der Waals surface area contributed by atoms with Gasteiger partial charge >= 0.3 is 31.5 Å². The molecule has 1 fully saturated rings. The molecule has 4 aromatic rings. The molecule has 1 aliphatic heterocycles. The van der Waals surface area contributed by atoms with Crippen LogP contribution in [0, 0.1) is 36.5 Å². The molecule has 20 heteroatoms. The standard InChI is InChI=1S/C24H35BN2O6.C22H27N3O4S.C4H4BrNS/c1-21(2,3)30-19(28)27(20(29)31-22(4,5)6)15-16-11-12-18(13-17(16)14-26)25-32-23(7,8)24(9,10)33-25;1-14-18(30-13-24-14)15-8-9-16(17(10-15)11-23)12-25(19(26)28-21(2,3)4)20(27)29-22(5,6)7;1-3-4(5)7-2-6-3/h11-13H,15H2,1-10H3;8-10,13H,12H2,1-7H3;2H,1H3. The minimum Gasteiger partial charge on any atom is -0.443 e. The Hall–Kier alpha value is -5.38. The van der Waals surface area contributed by atoms with Crippen molar-refractivity contribution in [2.24, 2.45) is 0 Å². The molecule has 4 amide bonds. The van der Waals surface area contributed by atoms with Crippen LogP contribution in [0.25, 0.3) is 10.4 Å². The smallest absolute Gasteiger partial charge is 0.443 e. The number of aryl methyl sites for hydroxylation is 2. The molecule has 2 aromatic carbocycles. The summed E-state index contributed by atoms with van der Waals surface area (Å²) in [6.07, 6.45) is -3.36. The number of carbonyl (C=O) groups excluding carboxylic acids is 4. The lowest BCUT2D eigenvalue weighted by atomic mass is 9.78. The first-order chi connectivity index (χ1) is 32.0. The maximum Gasteiger partial charge on any atom is 0.494 e. The van der Waals surface area contributed by atoms with E-state index in [4.69, 9.17) is 28.3 Å². The molecule has 2 aromatic heterocycles. The summed E-state index contributed by atoms with van der Waals surface area (Å²) in [6, 6.07) is 14.7. The molecule has 5 rings (SSSR count). The number of carbonyl (C=O) groups is 4. The van der Waals surface area contributed by atoms with E-state index in [0.717, 1.165) is 35.4 Å². The topological polar surface area (TPSA) is 203 Å². The van der Waals surface area contributed by atoms with E-state index in [2.05, 4.69) is 38.0 Å². The fourth-order valence-electron chi connectivity index (χ4n) is 5.80. The van der Waals surface area contributed by atoms with E-state index in [1.807, 2.05) is 53.1 Å². The van der Waals surface area contributed by atoms with Gasteiger partial charge < -0.3 is 28.3 Å². The predicted molar refractivity (Wildman–Crippen MR) is 274 cm³/mol. The van der Waals surface area contributed by atoms with Crippen LogP contribution in [0.15, 0.2) is 51.2 Å². The Bertz CT molecular complexity index is 2500. The first-order valence-corrected chi connectivity index (χ1v) is 24.9. The van der Waals surface area contributed by atoms with E-state index < -0.39 is 65.1 Å². The van der Waals surface area contributed by atoms with Gasteiger partial charge in [0.2, 0.25) is 0 Å². The van der Waals surface area contributed by atoms with Crippen LogP contribution in [0.3, 0.4) is 0 Å². The second kappa shape index (κ2) is 23.2. The molecule has 0 unspecified atom stereocenters. The summed E-state index contributed by atoms with van der Waals surface area (Å²) in [5.74, 6) is 0. The van der Waals surface area contributed by atoms with Gasteiger partial charge in [0.15, 0.2) is 0 Å². The number of thiazole rings is 2. The maximum absolute atomic E-state index is 12.8. The lowest BCUT2D eigenvalue weighted by Gasteiger charge is -2.32. The highest BCUT2D eigenvalue weighted by Gasteiger charge is 2.52. The summed E-state index contributed by atoms with van der Waals surface area (Å²) in [5.41, 5.74) is 4.44. The Morgan fingerprint density at radius 2 is 1.00 bits per heavy atom. The molecule has 0 N–H and O–H groups in total. The molecule has 0 bridgehead atoms. The van der Waals surface area contributed by atoms with Crippen molar-refractivity contribution in [3.05, 3.63) is 84.8 Å². The highest BCUT2D eigenvalue weighted by atomic mass is 79.9. The van der Waals surface area contributed by atoms with Crippen LogP contribution in [0.4, 0.5) is 19.2 Å². The number of rotatable bonds is 6. The SMILES string of the molecule is CC(C)(C)OC(=O)N(Cc1ccc(B2OC(C)(C)C(C)(C)O2)cc1C#N)C(=O)OC(C)(C)C.Cc1ncsc1-c1ccc(CN(C(=O)OC(C)(C)C)C(=O)OC(C)(C)C)c(C#N)c1.Cc1ncsc1Br. The Morgan fingerprint density at radius 1 is 0.629 bits per heavy atom. The van der Waals surface area contributed by atoms with Crippen LogP contribution in [-0.2, 0) is 41.3 Å². The molecule has 0 spiro atoms. The number of aromatic nitrogens is 2. The zero-order valence-corrected chi connectivity index (χ0v) is 46.8. The molecule has 0 atom stereocenters. The van der Waals surface area contributed by atoms with Crippen LogP contribution < -0.4 is 5.46 Å². The van der Waals surface area contributed by atoms with Gasteiger partial charge in [-0.25, -0.2) is 38.9 Å². The van der Waals surface area contributed by atoms with Crippen molar-refractivity contribution >= 4 is 75.6 Å². The van der Waals surface area contributed by atoms with E-state index in [-0.39, 0.29) is 13.1 Å². The predicted octanol–water partition coefficient (Wildman–Crippen LogP) is 12.4. The van der Waals surface area contributed by atoms with Crippen LogP contribution in [-0.4, -0.2) is 84.9 Å². The number of hydrogen-bond acceptors (Lipinski definition) is 16. The van der Waals surface area contributed by atoms with Gasteiger partial charge in [-0.15, -0.1) is 22.7 Å². The van der Waals surface area contributed by atoms with Crippen LogP contribution >= 0.6 is 38.6 Å². The number of halogens is 1. The van der Waals surface area contributed by atoms with Gasteiger partial charge in [-0.1, -0.05) is 24.3 Å². The third kappa shape index (κ3) is 17.8. The molecule has 378 valence electrons. The van der Waals surface area contributed by atoms with Crippen molar-refractivity contribution in [2.45, 2.75) is 171 Å². The second-order valence-corrected chi connectivity index (χ2v) is 24.2. The molecule has 3 heterocycles. The molecule has 1 aliphatic rings. The largest absolute Gasteiger partial charge is 0.494 e. The molecular weight excluding hydrogens is 999 g/mol. The van der Waals surface area contributed by atoms with Crippen LogP contribution in [0.1, 0.15) is 144 Å². The summed E-state index contributed by atoms with van der Waals surface area (Å²) in [7, 11) is -0.635. The summed E-state index contributed by atoms with van der Waals surface area (Å²) >= 11 is 6.42. The lowest BCUT2D eigenvalue weighted by molar-refractivity contribution is -0.00234.